The number of unbranched alkanes of at least 4 members (excludes halogenated alkanes) is 5. The predicted octanol–water partition coefficient (Wildman–Crippen LogP) is 7.49. The van der Waals surface area contributed by atoms with Crippen LogP contribution >= 0.6 is 0 Å². The SMILES string of the molecule is CC(=O)N1/C(=C2\C(=O)c3ccccc3N2C(=O)CCCCCCCCC(=O)N2/C(=C3\C(=O)c4ccccc4N3C(C)=O)C(=O)c3ccccc32)C(=O)c2ccccc21. The summed E-state index contributed by atoms with van der Waals surface area (Å²) in [5.74, 6) is -3.63. The molecule has 4 heterocycles. The van der Waals surface area contributed by atoms with Gasteiger partial charge >= 0.3 is 0 Å². The molecule has 0 fully saturated rings. The Bertz CT molecular complexity index is 2410. The topological polar surface area (TPSA) is 150 Å². The average molecular weight is 775 g/mol. The summed E-state index contributed by atoms with van der Waals surface area (Å²) in [6.45, 7) is 2.62. The van der Waals surface area contributed by atoms with E-state index in [2.05, 4.69) is 0 Å². The van der Waals surface area contributed by atoms with Crippen LogP contribution in [0.5, 0.6) is 0 Å². The summed E-state index contributed by atoms with van der Waals surface area (Å²) in [7, 11) is 0. The third-order valence-electron chi connectivity index (χ3n) is 10.9. The van der Waals surface area contributed by atoms with Crippen LogP contribution in [0, 0.1) is 0 Å². The second-order valence-corrected chi connectivity index (χ2v) is 14.6. The molecule has 290 valence electrons. The van der Waals surface area contributed by atoms with Crippen molar-refractivity contribution in [2.24, 2.45) is 0 Å². The number of Topliss-reactive ketones (excluding diaryl/α,β-unsaturated/α-hetero) is 4. The zero-order valence-corrected chi connectivity index (χ0v) is 31.9. The van der Waals surface area contributed by atoms with Crippen LogP contribution in [0.4, 0.5) is 22.7 Å². The number of anilines is 4. The van der Waals surface area contributed by atoms with Crippen molar-refractivity contribution in [3.8, 4) is 0 Å². The molecule has 4 amide bonds. The molecule has 0 saturated carbocycles. The number of amides is 4. The second-order valence-electron chi connectivity index (χ2n) is 14.6. The van der Waals surface area contributed by atoms with Crippen LogP contribution in [0.15, 0.2) is 120 Å². The number of rotatable bonds is 9. The van der Waals surface area contributed by atoms with Gasteiger partial charge in [0.25, 0.3) is 0 Å². The number of ketones is 4. The fourth-order valence-corrected chi connectivity index (χ4v) is 8.35. The van der Waals surface area contributed by atoms with E-state index in [1.807, 2.05) is 0 Å². The van der Waals surface area contributed by atoms with Crippen LogP contribution in [0.2, 0.25) is 0 Å². The number of carbonyl (C=O) groups excluding carboxylic acids is 8. The lowest BCUT2D eigenvalue weighted by atomic mass is 10.1. The van der Waals surface area contributed by atoms with E-state index in [0.717, 1.165) is 12.8 Å². The molecule has 0 aromatic heterocycles. The zero-order chi connectivity index (χ0) is 40.8. The molecule has 4 aromatic rings. The van der Waals surface area contributed by atoms with Gasteiger partial charge in [0.15, 0.2) is 0 Å². The lowest BCUT2D eigenvalue weighted by Gasteiger charge is -2.23. The van der Waals surface area contributed by atoms with Gasteiger partial charge in [-0.15, -0.1) is 0 Å². The van der Waals surface area contributed by atoms with E-state index in [4.69, 9.17) is 0 Å². The van der Waals surface area contributed by atoms with Crippen molar-refractivity contribution in [1.29, 1.82) is 0 Å². The van der Waals surface area contributed by atoms with Gasteiger partial charge in [0.05, 0.1) is 22.7 Å². The summed E-state index contributed by atoms with van der Waals surface area (Å²) >= 11 is 0. The van der Waals surface area contributed by atoms with Crippen LogP contribution < -0.4 is 19.6 Å². The maximum Gasteiger partial charge on any atom is 0.231 e. The Hall–Kier alpha value is -7.08. The van der Waals surface area contributed by atoms with Crippen LogP contribution in [0.1, 0.15) is 107 Å². The minimum Gasteiger partial charge on any atom is -0.287 e. The first-order valence-corrected chi connectivity index (χ1v) is 19.3. The molecule has 0 unspecified atom stereocenters. The number of carbonyl (C=O) groups is 8. The van der Waals surface area contributed by atoms with Crippen molar-refractivity contribution in [2.45, 2.75) is 65.2 Å². The van der Waals surface area contributed by atoms with E-state index < -0.39 is 34.9 Å². The Labute approximate surface area is 334 Å². The predicted molar refractivity (Wildman–Crippen MR) is 215 cm³/mol. The summed E-state index contributed by atoms with van der Waals surface area (Å²) in [5, 5.41) is 0. The maximum absolute atomic E-state index is 13.9. The number of para-hydroxylation sites is 4. The number of nitrogens with zero attached hydrogens (tertiary/aromatic N) is 4. The maximum atomic E-state index is 13.9. The lowest BCUT2D eigenvalue weighted by molar-refractivity contribution is -0.119. The fraction of sp³-hybridized carbons (Fsp3) is 0.217. The van der Waals surface area contributed by atoms with Crippen molar-refractivity contribution in [2.75, 3.05) is 19.6 Å². The molecule has 4 aliphatic heterocycles. The van der Waals surface area contributed by atoms with E-state index in [0.29, 0.717) is 48.4 Å². The molecular formula is C46H38N4O8. The largest absolute Gasteiger partial charge is 0.287 e. The first-order valence-electron chi connectivity index (χ1n) is 19.3. The fourth-order valence-electron chi connectivity index (χ4n) is 8.35. The van der Waals surface area contributed by atoms with E-state index in [1.54, 1.807) is 97.1 Å². The van der Waals surface area contributed by atoms with Gasteiger partial charge in [-0.2, -0.15) is 0 Å². The summed E-state index contributed by atoms with van der Waals surface area (Å²) in [4.78, 5) is 114. The lowest BCUT2D eigenvalue weighted by Crippen LogP contribution is -2.35. The highest BCUT2D eigenvalue weighted by Gasteiger charge is 2.47. The van der Waals surface area contributed by atoms with Gasteiger partial charge in [-0.1, -0.05) is 74.2 Å². The van der Waals surface area contributed by atoms with Crippen LogP contribution in [-0.2, 0) is 19.2 Å². The summed E-state index contributed by atoms with van der Waals surface area (Å²) in [6.07, 6.45) is 4.10. The molecule has 12 nitrogen and oxygen atoms in total. The van der Waals surface area contributed by atoms with Crippen molar-refractivity contribution >= 4 is 69.5 Å². The first-order chi connectivity index (χ1) is 28.0. The van der Waals surface area contributed by atoms with Gasteiger partial charge in [-0.05, 0) is 61.4 Å². The van der Waals surface area contributed by atoms with Crippen molar-refractivity contribution < 1.29 is 38.4 Å². The molecule has 58 heavy (non-hydrogen) atoms. The number of hydrogen-bond acceptors (Lipinski definition) is 8. The smallest absolute Gasteiger partial charge is 0.231 e. The molecule has 4 aliphatic rings. The van der Waals surface area contributed by atoms with Crippen molar-refractivity contribution in [3.63, 3.8) is 0 Å². The normalized spacial score (nSPS) is 17.9. The van der Waals surface area contributed by atoms with Gasteiger partial charge in [0.1, 0.15) is 22.8 Å². The molecule has 0 bridgehead atoms. The standard InChI is InChI=1S/C46H38N4O8/c1-27(51)47-33-21-13-9-17-29(33)43(55)39(47)41-45(57)31-19-11-15-23-35(31)49(41)37(53)25-7-5-3-4-6-8-26-38(54)50-36-24-16-12-20-32(36)46(58)42(50)40-44(56)30-18-10-14-22-34(30)48(40)28(2)52/h9-24H,3-8,25-26H2,1-2H3/b41-39+,42-40+. The van der Waals surface area contributed by atoms with Gasteiger partial charge in [-0.3, -0.25) is 58.0 Å². The van der Waals surface area contributed by atoms with Crippen LogP contribution in [-0.4, -0.2) is 46.8 Å². The van der Waals surface area contributed by atoms with E-state index in [9.17, 15) is 38.4 Å². The Morgan fingerprint density at radius 2 is 0.603 bits per heavy atom. The van der Waals surface area contributed by atoms with Crippen LogP contribution in [0.25, 0.3) is 0 Å². The molecule has 0 N–H and O–H groups in total. The third kappa shape index (κ3) is 6.08. The van der Waals surface area contributed by atoms with Gasteiger partial charge in [0, 0.05) is 48.9 Å². The molecule has 0 radical (unpaired) electrons. The van der Waals surface area contributed by atoms with E-state index in [1.165, 1.54) is 33.4 Å². The number of allylic oxidation sites excluding steroid dienone is 4. The van der Waals surface area contributed by atoms with Gasteiger partial charge in [0.2, 0.25) is 46.8 Å². The van der Waals surface area contributed by atoms with E-state index >= 15 is 0 Å². The number of hydrogen-bond donors (Lipinski definition) is 0. The number of benzene rings is 4. The van der Waals surface area contributed by atoms with Crippen LogP contribution in [0.3, 0.4) is 0 Å². The van der Waals surface area contributed by atoms with E-state index in [-0.39, 0.29) is 69.7 Å². The van der Waals surface area contributed by atoms with Gasteiger partial charge in [-0.25, -0.2) is 0 Å². The molecule has 12 heteroatoms. The highest BCUT2D eigenvalue weighted by atomic mass is 16.2. The molecular weight excluding hydrogens is 737 g/mol. The second kappa shape index (κ2) is 15.1. The average Bonchev–Trinajstić information content (AvgIpc) is 3.89. The monoisotopic (exact) mass is 774 g/mol. The molecule has 8 rings (SSSR count). The zero-order valence-electron chi connectivity index (χ0n) is 31.9. The highest BCUT2D eigenvalue weighted by Crippen LogP contribution is 2.44. The minimum atomic E-state index is -0.498. The summed E-state index contributed by atoms with van der Waals surface area (Å²) < 4.78 is 0. The molecule has 0 spiro atoms. The summed E-state index contributed by atoms with van der Waals surface area (Å²) in [6, 6.07) is 26.6. The minimum absolute atomic E-state index is 0.0950. The highest BCUT2D eigenvalue weighted by molar-refractivity contribution is 6.35. The molecule has 0 aliphatic carbocycles. The Morgan fingerprint density at radius 3 is 0.897 bits per heavy atom. The first kappa shape index (κ1) is 37.8. The Kier molecular flexibility index (Phi) is 9.85. The van der Waals surface area contributed by atoms with Crippen molar-refractivity contribution in [1.82, 2.24) is 0 Å². The Morgan fingerprint density at radius 1 is 0.362 bits per heavy atom. The molecule has 0 atom stereocenters. The third-order valence-corrected chi connectivity index (χ3v) is 10.9. The van der Waals surface area contributed by atoms with Crippen molar-refractivity contribution in [3.05, 3.63) is 142 Å². The quantitative estimate of drug-likeness (QED) is 0.126. The number of fused-ring (bicyclic) bond motifs is 4. The molecule has 0 saturated heterocycles. The molecule has 4 aromatic carbocycles. The van der Waals surface area contributed by atoms with Gasteiger partial charge < -0.3 is 0 Å². The Balaban J connectivity index is 0.910. The summed E-state index contributed by atoms with van der Waals surface area (Å²) in [5.41, 5.74) is 2.10.